The van der Waals surface area contributed by atoms with E-state index in [9.17, 15) is 9.18 Å². The van der Waals surface area contributed by atoms with Gasteiger partial charge in [0.05, 0.1) is 5.69 Å². The molecule has 6 heteroatoms. The summed E-state index contributed by atoms with van der Waals surface area (Å²) in [6.07, 6.45) is 0.810. The lowest BCUT2D eigenvalue weighted by atomic mass is 10.1. The summed E-state index contributed by atoms with van der Waals surface area (Å²) in [6, 6.07) is 2.65. The van der Waals surface area contributed by atoms with Crippen molar-refractivity contribution in [3.63, 3.8) is 0 Å². The predicted octanol–water partition coefficient (Wildman–Crippen LogP) is 3.30. The van der Waals surface area contributed by atoms with E-state index in [1.54, 1.807) is 6.92 Å². The first-order chi connectivity index (χ1) is 9.42. The quantitative estimate of drug-likeness (QED) is 0.853. The normalized spacial score (nSPS) is 10.6. The van der Waals surface area contributed by atoms with Crippen LogP contribution in [-0.4, -0.2) is 10.9 Å². The van der Waals surface area contributed by atoms with Crippen LogP contribution < -0.4 is 11.1 Å². The Hall–Kier alpha value is -1.95. The van der Waals surface area contributed by atoms with Crippen molar-refractivity contribution < 1.29 is 9.18 Å². The fourth-order valence-electron chi connectivity index (χ4n) is 1.81. The summed E-state index contributed by atoms with van der Waals surface area (Å²) in [5, 5.41) is 3.19. The van der Waals surface area contributed by atoms with Gasteiger partial charge in [0.25, 0.3) is 5.91 Å². The van der Waals surface area contributed by atoms with E-state index in [0.29, 0.717) is 10.7 Å². The number of rotatable bonds is 3. The molecule has 20 heavy (non-hydrogen) atoms. The number of hydrogen-bond acceptors (Lipinski definition) is 4. The van der Waals surface area contributed by atoms with E-state index >= 15 is 0 Å². The van der Waals surface area contributed by atoms with Crippen LogP contribution in [0.3, 0.4) is 0 Å². The third kappa shape index (κ3) is 2.80. The summed E-state index contributed by atoms with van der Waals surface area (Å²) < 4.78 is 13.6. The van der Waals surface area contributed by atoms with Gasteiger partial charge in [-0.3, -0.25) is 10.1 Å². The Bertz CT molecular complexity index is 643. The molecule has 0 bridgehead atoms. The van der Waals surface area contributed by atoms with Crippen LogP contribution in [0.1, 0.15) is 33.4 Å². The SMILES string of the molecule is CCc1nc(NC(=O)c2cc(N)c(C)c(F)c2)sc1C. The minimum absolute atomic E-state index is 0.191. The topological polar surface area (TPSA) is 68.0 Å². The molecule has 2 rings (SSSR count). The molecule has 0 aliphatic rings. The maximum atomic E-state index is 13.6. The largest absolute Gasteiger partial charge is 0.398 e. The number of thiazole rings is 1. The molecule has 0 aliphatic carbocycles. The highest BCUT2D eigenvalue weighted by atomic mass is 32.1. The van der Waals surface area contributed by atoms with Gasteiger partial charge >= 0.3 is 0 Å². The number of nitrogen functional groups attached to an aromatic ring is 1. The first-order valence-corrected chi connectivity index (χ1v) is 7.07. The van der Waals surface area contributed by atoms with Gasteiger partial charge in [0.1, 0.15) is 5.82 Å². The number of aromatic nitrogens is 1. The van der Waals surface area contributed by atoms with Crippen LogP contribution in [0.15, 0.2) is 12.1 Å². The third-order valence-electron chi connectivity index (χ3n) is 3.09. The minimum Gasteiger partial charge on any atom is -0.398 e. The monoisotopic (exact) mass is 293 g/mol. The van der Waals surface area contributed by atoms with Crippen LogP contribution >= 0.6 is 11.3 Å². The zero-order chi connectivity index (χ0) is 14.9. The third-order valence-corrected chi connectivity index (χ3v) is 4.02. The Kier molecular flexibility index (Phi) is 4.04. The number of halogens is 1. The lowest BCUT2D eigenvalue weighted by Gasteiger charge is -2.06. The lowest BCUT2D eigenvalue weighted by molar-refractivity contribution is 0.102. The van der Waals surface area contributed by atoms with Crippen molar-refractivity contribution in [1.29, 1.82) is 0 Å². The molecule has 0 atom stereocenters. The standard InChI is InChI=1S/C14H16FN3OS/c1-4-12-8(3)20-14(17-12)18-13(19)9-5-10(15)7(2)11(16)6-9/h5-6H,4,16H2,1-3H3,(H,17,18,19). The van der Waals surface area contributed by atoms with Gasteiger partial charge in [-0.15, -0.1) is 11.3 Å². The maximum Gasteiger partial charge on any atom is 0.257 e. The fraction of sp³-hybridized carbons (Fsp3) is 0.286. The van der Waals surface area contributed by atoms with E-state index in [-0.39, 0.29) is 11.3 Å². The van der Waals surface area contributed by atoms with Crippen molar-refractivity contribution in [3.05, 3.63) is 39.6 Å². The summed E-state index contributed by atoms with van der Waals surface area (Å²) in [5.74, 6) is -0.897. The van der Waals surface area contributed by atoms with Crippen molar-refractivity contribution in [3.8, 4) is 0 Å². The molecule has 0 unspecified atom stereocenters. The first-order valence-electron chi connectivity index (χ1n) is 6.25. The number of carbonyl (C=O) groups is 1. The van der Waals surface area contributed by atoms with Crippen LogP contribution in [-0.2, 0) is 6.42 Å². The number of carbonyl (C=O) groups excluding carboxylic acids is 1. The van der Waals surface area contributed by atoms with Crippen LogP contribution in [0.25, 0.3) is 0 Å². The fourth-order valence-corrected chi connectivity index (χ4v) is 2.71. The number of nitrogens with zero attached hydrogens (tertiary/aromatic N) is 1. The zero-order valence-corrected chi connectivity index (χ0v) is 12.4. The Morgan fingerprint density at radius 3 is 2.70 bits per heavy atom. The van der Waals surface area contributed by atoms with Crippen molar-refractivity contribution in [2.75, 3.05) is 11.1 Å². The Balaban J connectivity index is 2.23. The number of anilines is 2. The van der Waals surface area contributed by atoms with E-state index in [4.69, 9.17) is 5.73 Å². The second-order valence-electron chi connectivity index (χ2n) is 4.50. The van der Waals surface area contributed by atoms with E-state index in [1.165, 1.54) is 23.5 Å². The Morgan fingerprint density at radius 1 is 1.45 bits per heavy atom. The Morgan fingerprint density at radius 2 is 2.15 bits per heavy atom. The molecular weight excluding hydrogens is 277 g/mol. The number of hydrogen-bond donors (Lipinski definition) is 2. The van der Waals surface area contributed by atoms with Gasteiger partial charge in [-0.05, 0) is 32.4 Å². The van der Waals surface area contributed by atoms with Gasteiger partial charge < -0.3 is 5.73 Å². The summed E-state index contributed by atoms with van der Waals surface area (Å²) in [7, 11) is 0. The van der Waals surface area contributed by atoms with Crippen LogP contribution in [0.2, 0.25) is 0 Å². The summed E-state index contributed by atoms with van der Waals surface area (Å²) in [6.45, 7) is 5.53. The average molecular weight is 293 g/mol. The molecule has 4 nitrogen and oxygen atoms in total. The number of nitrogens with one attached hydrogen (secondary N) is 1. The van der Waals surface area contributed by atoms with Gasteiger partial charge in [-0.2, -0.15) is 0 Å². The molecule has 1 amide bonds. The number of nitrogens with two attached hydrogens (primary N) is 1. The maximum absolute atomic E-state index is 13.6. The molecule has 2 aromatic rings. The summed E-state index contributed by atoms with van der Waals surface area (Å²) in [5.41, 5.74) is 7.43. The van der Waals surface area contributed by atoms with Crippen molar-refractivity contribution in [2.24, 2.45) is 0 Å². The molecule has 0 aliphatic heterocycles. The highest BCUT2D eigenvalue weighted by molar-refractivity contribution is 7.15. The second kappa shape index (κ2) is 5.58. The lowest BCUT2D eigenvalue weighted by Crippen LogP contribution is -2.13. The van der Waals surface area contributed by atoms with Crippen molar-refractivity contribution in [2.45, 2.75) is 27.2 Å². The van der Waals surface area contributed by atoms with E-state index in [1.807, 2.05) is 13.8 Å². The minimum atomic E-state index is -0.486. The van der Waals surface area contributed by atoms with Crippen molar-refractivity contribution in [1.82, 2.24) is 4.98 Å². The van der Waals surface area contributed by atoms with Gasteiger partial charge in [-0.25, -0.2) is 9.37 Å². The molecule has 0 saturated carbocycles. The number of benzene rings is 1. The van der Waals surface area contributed by atoms with E-state index in [2.05, 4.69) is 10.3 Å². The molecule has 1 heterocycles. The second-order valence-corrected chi connectivity index (χ2v) is 5.71. The van der Waals surface area contributed by atoms with E-state index in [0.717, 1.165) is 17.0 Å². The van der Waals surface area contributed by atoms with Crippen LogP contribution in [0.5, 0.6) is 0 Å². The molecule has 106 valence electrons. The molecule has 3 N–H and O–H groups in total. The molecule has 0 saturated heterocycles. The first kappa shape index (κ1) is 14.5. The van der Waals surface area contributed by atoms with Gasteiger partial charge in [0, 0.05) is 21.7 Å². The number of amides is 1. The molecule has 0 radical (unpaired) electrons. The van der Waals surface area contributed by atoms with Crippen LogP contribution in [0, 0.1) is 19.7 Å². The Labute approximate surface area is 120 Å². The van der Waals surface area contributed by atoms with Gasteiger partial charge in [0.2, 0.25) is 0 Å². The molecule has 1 aromatic heterocycles. The highest BCUT2D eigenvalue weighted by Crippen LogP contribution is 2.24. The zero-order valence-electron chi connectivity index (χ0n) is 11.6. The smallest absolute Gasteiger partial charge is 0.257 e. The molecule has 0 spiro atoms. The molecular formula is C14H16FN3OS. The number of aryl methyl sites for hydroxylation is 2. The summed E-state index contributed by atoms with van der Waals surface area (Å²) >= 11 is 1.41. The average Bonchev–Trinajstić information content (AvgIpc) is 2.75. The molecule has 1 aromatic carbocycles. The van der Waals surface area contributed by atoms with E-state index < -0.39 is 11.7 Å². The highest BCUT2D eigenvalue weighted by Gasteiger charge is 2.14. The van der Waals surface area contributed by atoms with Crippen molar-refractivity contribution >= 4 is 28.1 Å². The predicted molar refractivity (Wildman–Crippen MR) is 79.7 cm³/mol. The summed E-state index contributed by atoms with van der Waals surface area (Å²) in [4.78, 5) is 17.5. The van der Waals surface area contributed by atoms with Crippen LogP contribution in [0.4, 0.5) is 15.2 Å². The van der Waals surface area contributed by atoms with Gasteiger partial charge in [0.15, 0.2) is 5.13 Å². The molecule has 0 fully saturated rings. The van der Waals surface area contributed by atoms with Gasteiger partial charge in [-0.1, -0.05) is 6.92 Å².